The quantitative estimate of drug-likeness (QED) is 0.392. The van der Waals surface area contributed by atoms with Crippen LogP contribution in [0.5, 0.6) is 0 Å². The van der Waals surface area contributed by atoms with Crippen LogP contribution in [-0.4, -0.2) is 19.4 Å². The maximum atomic E-state index is 11.9. The Balaban J connectivity index is 3.73. The van der Waals surface area contributed by atoms with Gasteiger partial charge >= 0.3 is 8.03 Å². The highest BCUT2D eigenvalue weighted by Crippen LogP contribution is 2.24. The molecule has 0 rings (SSSR count). The van der Waals surface area contributed by atoms with E-state index in [1.54, 1.807) is 0 Å². The van der Waals surface area contributed by atoms with E-state index in [2.05, 4.69) is 33.0 Å². The van der Waals surface area contributed by atoms with Crippen LogP contribution in [0.25, 0.3) is 0 Å². The number of hydrogen-bond donors (Lipinski definition) is 1. The minimum atomic E-state index is -1.54. The van der Waals surface area contributed by atoms with Crippen LogP contribution >= 0.6 is 8.03 Å². The molecule has 0 radical (unpaired) electrons. The van der Waals surface area contributed by atoms with Crippen molar-refractivity contribution >= 4 is 8.03 Å². The van der Waals surface area contributed by atoms with E-state index in [1.807, 2.05) is 0 Å². The van der Waals surface area contributed by atoms with Crippen molar-refractivity contribution in [1.29, 1.82) is 0 Å². The monoisotopic (exact) mass is 318 g/mol. The Hall–Kier alpha value is 0.0200. The molecular weight excluding hydrogens is 281 g/mol. The van der Waals surface area contributed by atoms with Crippen molar-refractivity contribution in [2.75, 3.05) is 19.4 Å². The molecule has 4 heteroatoms. The average molecular weight is 318 g/mol. The average Bonchev–Trinajstić information content (AvgIpc) is 2.50. The molecule has 0 heterocycles. The summed E-state index contributed by atoms with van der Waals surface area (Å²) >= 11 is 0. The normalized spacial score (nSPS) is 15.0. The summed E-state index contributed by atoms with van der Waals surface area (Å²) in [5.74, 6) is 1.28. The van der Waals surface area contributed by atoms with Crippen molar-refractivity contribution in [3.05, 3.63) is 0 Å². The lowest BCUT2D eigenvalue weighted by Crippen LogP contribution is -2.22. The maximum absolute atomic E-state index is 11.9. The molecule has 0 amide bonds. The van der Waals surface area contributed by atoms with E-state index < -0.39 is 8.03 Å². The van der Waals surface area contributed by atoms with E-state index in [1.165, 1.54) is 44.9 Å². The molecule has 0 aromatic carbocycles. The van der Waals surface area contributed by atoms with Gasteiger partial charge in [0.05, 0.1) is 0 Å². The Bertz CT molecular complexity index is 249. The highest BCUT2D eigenvalue weighted by Gasteiger charge is 2.20. The fourth-order valence-corrected chi connectivity index (χ4v) is 3.22. The van der Waals surface area contributed by atoms with Gasteiger partial charge in [0.25, 0.3) is 0 Å². The predicted octanol–water partition coefficient (Wildman–Crippen LogP) is 5.73. The first kappa shape index (κ1) is 21.0. The van der Waals surface area contributed by atoms with Gasteiger partial charge in [-0.05, 0) is 29.2 Å². The highest BCUT2D eigenvalue weighted by molar-refractivity contribution is 7.39. The molecule has 3 unspecified atom stereocenters. The highest BCUT2D eigenvalue weighted by atomic mass is 31.1. The van der Waals surface area contributed by atoms with E-state index in [9.17, 15) is 4.57 Å². The summed E-state index contributed by atoms with van der Waals surface area (Å²) in [6, 6.07) is 0. The molecular formula is C17H37NO2P+. The van der Waals surface area contributed by atoms with Gasteiger partial charge in [0.15, 0.2) is 0 Å². The van der Waals surface area contributed by atoms with Crippen molar-refractivity contribution in [2.24, 2.45) is 11.8 Å². The van der Waals surface area contributed by atoms with Crippen LogP contribution in [0.1, 0.15) is 79.1 Å². The lowest BCUT2D eigenvalue weighted by molar-refractivity contribution is 0.242. The van der Waals surface area contributed by atoms with Gasteiger partial charge < -0.3 is 0 Å². The van der Waals surface area contributed by atoms with Crippen LogP contribution in [0, 0.1) is 11.8 Å². The first-order valence-electron chi connectivity index (χ1n) is 8.96. The fraction of sp³-hybridized carbons (Fsp3) is 1.00. The van der Waals surface area contributed by atoms with Crippen molar-refractivity contribution < 1.29 is 9.09 Å². The summed E-state index contributed by atoms with van der Waals surface area (Å²) in [5.41, 5.74) is 0. The number of hydrogen-bond acceptors (Lipinski definition) is 3. The zero-order valence-corrected chi connectivity index (χ0v) is 15.6. The third-order valence-corrected chi connectivity index (χ3v) is 5.13. The third kappa shape index (κ3) is 12.3. The Kier molecular flexibility index (Phi) is 15.0. The van der Waals surface area contributed by atoms with Crippen LogP contribution < -0.4 is 5.32 Å². The van der Waals surface area contributed by atoms with E-state index in [4.69, 9.17) is 4.52 Å². The molecule has 3 atom stereocenters. The molecule has 0 aromatic heterocycles. The smallest absolute Gasteiger partial charge is 0.273 e. The Morgan fingerprint density at radius 1 is 0.952 bits per heavy atom. The van der Waals surface area contributed by atoms with Crippen molar-refractivity contribution in [3.8, 4) is 0 Å². The molecule has 126 valence electrons. The SMILES string of the molecule is CCCCC(CC)CNC[P+](=O)OCC(CC)CCCC. The zero-order valence-electron chi connectivity index (χ0n) is 14.7. The van der Waals surface area contributed by atoms with Crippen molar-refractivity contribution in [2.45, 2.75) is 79.1 Å². The second kappa shape index (κ2) is 14.9. The summed E-state index contributed by atoms with van der Waals surface area (Å²) in [4.78, 5) is 0. The molecule has 1 N–H and O–H groups in total. The lowest BCUT2D eigenvalue weighted by Gasteiger charge is -2.13. The second-order valence-corrected chi connectivity index (χ2v) is 7.31. The molecule has 0 aliphatic heterocycles. The van der Waals surface area contributed by atoms with Crippen LogP contribution in [0.4, 0.5) is 0 Å². The summed E-state index contributed by atoms with van der Waals surface area (Å²) in [5, 5.41) is 3.32. The summed E-state index contributed by atoms with van der Waals surface area (Å²) in [7, 11) is -1.54. The van der Waals surface area contributed by atoms with Crippen LogP contribution in [-0.2, 0) is 9.09 Å². The van der Waals surface area contributed by atoms with E-state index in [0.29, 0.717) is 24.7 Å². The standard InChI is InChI=1S/C17H37NO2P/c1-5-9-11-16(7-3)13-18-15-21(19)20-14-17(8-4)12-10-6-2/h16-18H,5-15H2,1-4H3/q+1. The zero-order chi connectivity index (χ0) is 15.9. The lowest BCUT2D eigenvalue weighted by atomic mass is 10.00. The topological polar surface area (TPSA) is 38.3 Å². The molecule has 0 saturated carbocycles. The van der Waals surface area contributed by atoms with Crippen LogP contribution in [0.2, 0.25) is 0 Å². The molecule has 0 bridgehead atoms. The maximum Gasteiger partial charge on any atom is 0.523 e. The van der Waals surface area contributed by atoms with Gasteiger partial charge in [-0.25, -0.2) is 0 Å². The number of unbranched alkanes of at least 4 members (excludes halogenated alkanes) is 2. The van der Waals surface area contributed by atoms with Crippen molar-refractivity contribution in [3.63, 3.8) is 0 Å². The molecule has 0 saturated heterocycles. The van der Waals surface area contributed by atoms with Crippen LogP contribution in [0.3, 0.4) is 0 Å². The number of rotatable bonds is 15. The minimum absolute atomic E-state index is 0.502. The molecule has 0 aliphatic carbocycles. The second-order valence-electron chi connectivity index (χ2n) is 6.07. The van der Waals surface area contributed by atoms with Crippen molar-refractivity contribution in [1.82, 2.24) is 5.32 Å². The Morgan fingerprint density at radius 2 is 1.52 bits per heavy atom. The van der Waals surface area contributed by atoms with Gasteiger partial charge in [0.2, 0.25) is 6.29 Å². The molecule has 0 fully saturated rings. The van der Waals surface area contributed by atoms with Crippen LogP contribution in [0.15, 0.2) is 0 Å². The molecule has 0 aromatic rings. The van der Waals surface area contributed by atoms with Gasteiger partial charge in [-0.1, -0.05) is 66.2 Å². The number of nitrogens with one attached hydrogen (secondary N) is 1. The van der Waals surface area contributed by atoms with Gasteiger partial charge in [-0.3, -0.25) is 5.32 Å². The summed E-state index contributed by atoms with van der Waals surface area (Å²) in [6.45, 7) is 10.5. The van der Waals surface area contributed by atoms with E-state index in [-0.39, 0.29) is 0 Å². The first-order valence-corrected chi connectivity index (χ1v) is 10.3. The Labute approximate surface area is 133 Å². The molecule has 0 aliphatic rings. The molecule has 3 nitrogen and oxygen atoms in total. The van der Waals surface area contributed by atoms with Gasteiger partial charge in [0.1, 0.15) is 6.61 Å². The Morgan fingerprint density at radius 3 is 2.05 bits per heavy atom. The van der Waals surface area contributed by atoms with E-state index in [0.717, 1.165) is 13.0 Å². The predicted molar refractivity (Wildman–Crippen MR) is 93.0 cm³/mol. The summed E-state index contributed by atoms with van der Waals surface area (Å²) in [6.07, 6.45) is 10.3. The largest absolute Gasteiger partial charge is 0.523 e. The van der Waals surface area contributed by atoms with E-state index >= 15 is 0 Å². The first-order chi connectivity index (χ1) is 10.2. The van der Waals surface area contributed by atoms with Gasteiger partial charge in [-0.2, -0.15) is 0 Å². The fourth-order valence-electron chi connectivity index (χ4n) is 2.44. The summed E-state index contributed by atoms with van der Waals surface area (Å²) < 4.78 is 17.4. The van der Waals surface area contributed by atoms with Gasteiger partial charge in [-0.15, -0.1) is 4.52 Å². The molecule has 0 spiro atoms. The van der Waals surface area contributed by atoms with Gasteiger partial charge in [0, 0.05) is 6.54 Å². The molecule has 21 heavy (non-hydrogen) atoms. The minimum Gasteiger partial charge on any atom is -0.273 e. The third-order valence-electron chi connectivity index (χ3n) is 4.21.